The van der Waals surface area contributed by atoms with E-state index in [1.807, 2.05) is 0 Å². The van der Waals surface area contributed by atoms with Gasteiger partial charge < -0.3 is 18.9 Å². The molecule has 0 spiro atoms. The van der Waals surface area contributed by atoms with Gasteiger partial charge in [0.2, 0.25) is 0 Å². The van der Waals surface area contributed by atoms with Gasteiger partial charge in [-0.05, 0) is 12.1 Å². The van der Waals surface area contributed by atoms with Crippen LogP contribution in [0.3, 0.4) is 0 Å². The molecule has 0 N–H and O–H groups in total. The van der Waals surface area contributed by atoms with Gasteiger partial charge in [0.1, 0.15) is 24.4 Å². The highest BCUT2D eigenvalue weighted by molar-refractivity contribution is 5.67. The quantitative estimate of drug-likeness (QED) is 0.352. The van der Waals surface area contributed by atoms with Crippen molar-refractivity contribution in [1.29, 1.82) is 0 Å². The lowest BCUT2D eigenvalue weighted by molar-refractivity contribution is -0.205. The molecule has 0 unspecified atom stereocenters. The first kappa shape index (κ1) is 24.2. The third kappa shape index (κ3) is 5.66. The minimum Gasteiger partial charge on any atom is -0.463 e. The lowest BCUT2D eigenvalue weighted by Gasteiger charge is -2.40. The number of esters is 3. The summed E-state index contributed by atoms with van der Waals surface area (Å²) >= 11 is 0. The van der Waals surface area contributed by atoms with Gasteiger partial charge >= 0.3 is 17.9 Å². The first-order chi connectivity index (χ1) is 15.6. The predicted octanol–water partition coefficient (Wildman–Crippen LogP) is 1.73. The molecule has 0 amide bonds. The molecule has 10 nitrogen and oxygen atoms in total. The number of benzene rings is 1. The molecule has 3 rings (SSSR count). The van der Waals surface area contributed by atoms with Gasteiger partial charge in [0.15, 0.2) is 29.7 Å². The standard InChI is InChI=1S/C20H20F3N3O7/c1-9(27)30-8-17-20(33-11(3)29)19(16(7-31-17)32-10(2)28)26-6-15(24-25-26)12-4-13(21)18(23)14(22)5-12/h4-6,16-17,19-20H,7-8H2,1-3H3/t16-,17+,19+,20-/m0/s1. The number of hydrogen-bond donors (Lipinski definition) is 0. The molecule has 0 bridgehead atoms. The maximum absolute atomic E-state index is 13.7. The van der Waals surface area contributed by atoms with Crippen LogP contribution < -0.4 is 0 Å². The lowest BCUT2D eigenvalue weighted by atomic mass is 9.97. The number of halogens is 3. The summed E-state index contributed by atoms with van der Waals surface area (Å²) in [5, 5.41) is 7.77. The van der Waals surface area contributed by atoms with Crippen LogP contribution in [0.25, 0.3) is 11.3 Å². The first-order valence-electron chi connectivity index (χ1n) is 9.73. The molecule has 0 radical (unpaired) electrons. The third-order valence-corrected chi connectivity index (χ3v) is 4.72. The van der Waals surface area contributed by atoms with E-state index in [-0.39, 0.29) is 24.5 Å². The highest BCUT2D eigenvalue weighted by Crippen LogP contribution is 2.32. The maximum atomic E-state index is 13.7. The number of aromatic nitrogens is 3. The SMILES string of the molecule is CC(=O)OC[C@H]1OC[C@H](OC(C)=O)[C@@H](n2cc(-c3cc(F)c(F)c(F)c3)nn2)[C@H]1OC(C)=O. The Morgan fingerprint density at radius 3 is 2.27 bits per heavy atom. The summed E-state index contributed by atoms with van der Waals surface area (Å²) < 4.78 is 63.1. The average Bonchev–Trinajstić information content (AvgIpc) is 3.20. The number of nitrogens with zero attached hydrogens (tertiary/aromatic N) is 3. The minimum atomic E-state index is -1.63. The van der Waals surface area contributed by atoms with Crippen molar-refractivity contribution < 1.29 is 46.5 Å². The van der Waals surface area contributed by atoms with E-state index in [1.165, 1.54) is 24.7 Å². The van der Waals surface area contributed by atoms with Crippen molar-refractivity contribution in [2.75, 3.05) is 13.2 Å². The number of carbonyl (C=O) groups excluding carboxylic acids is 3. The molecule has 33 heavy (non-hydrogen) atoms. The highest BCUT2D eigenvalue weighted by atomic mass is 19.2. The molecule has 4 atom stereocenters. The van der Waals surface area contributed by atoms with E-state index in [0.29, 0.717) is 0 Å². The second kappa shape index (κ2) is 9.98. The van der Waals surface area contributed by atoms with E-state index in [4.69, 9.17) is 18.9 Å². The van der Waals surface area contributed by atoms with Gasteiger partial charge in [-0.1, -0.05) is 5.21 Å². The molecule has 0 aliphatic carbocycles. The first-order valence-corrected chi connectivity index (χ1v) is 9.73. The minimum absolute atomic E-state index is 0.0287. The number of rotatable bonds is 6. The smallest absolute Gasteiger partial charge is 0.303 e. The summed E-state index contributed by atoms with van der Waals surface area (Å²) in [6.07, 6.45) is -1.83. The number of ether oxygens (including phenoxy) is 4. The Labute approximate surface area is 185 Å². The van der Waals surface area contributed by atoms with Crippen molar-refractivity contribution in [2.24, 2.45) is 0 Å². The largest absolute Gasteiger partial charge is 0.463 e. The zero-order valence-corrected chi connectivity index (χ0v) is 17.8. The molecule has 1 aromatic carbocycles. The molecule has 1 aromatic heterocycles. The molecule has 2 heterocycles. The van der Waals surface area contributed by atoms with Crippen LogP contribution in [-0.2, 0) is 33.3 Å². The van der Waals surface area contributed by atoms with Gasteiger partial charge in [0.25, 0.3) is 0 Å². The summed E-state index contributed by atoms with van der Waals surface area (Å²) in [6.45, 7) is 3.06. The van der Waals surface area contributed by atoms with Gasteiger partial charge in [0.05, 0.1) is 12.8 Å². The Kier molecular flexibility index (Phi) is 7.31. The summed E-state index contributed by atoms with van der Waals surface area (Å²) in [5.74, 6) is -6.41. The maximum Gasteiger partial charge on any atom is 0.303 e. The van der Waals surface area contributed by atoms with E-state index in [1.54, 1.807) is 0 Å². The molecule has 0 saturated carbocycles. The zero-order chi connectivity index (χ0) is 24.3. The van der Waals surface area contributed by atoms with Crippen LogP contribution in [0.2, 0.25) is 0 Å². The fraction of sp³-hybridized carbons (Fsp3) is 0.450. The molecular formula is C20H20F3N3O7. The number of hydrogen-bond acceptors (Lipinski definition) is 9. The molecule has 2 aromatic rings. The summed E-state index contributed by atoms with van der Waals surface area (Å²) in [5.41, 5.74) is -0.131. The van der Waals surface area contributed by atoms with Crippen LogP contribution in [0, 0.1) is 17.5 Å². The normalized spacial score (nSPS) is 22.5. The number of carbonyl (C=O) groups is 3. The topological polar surface area (TPSA) is 119 Å². The van der Waals surface area contributed by atoms with Crippen molar-refractivity contribution in [1.82, 2.24) is 15.0 Å². The van der Waals surface area contributed by atoms with E-state index in [9.17, 15) is 27.6 Å². The summed E-state index contributed by atoms with van der Waals surface area (Å²) in [6, 6.07) is 0.490. The fourth-order valence-corrected chi connectivity index (χ4v) is 3.42. The third-order valence-electron chi connectivity index (χ3n) is 4.72. The van der Waals surface area contributed by atoms with Gasteiger partial charge in [-0.15, -0.1) is 5.10 Å². The predicted molar refractivity (Wildman–Crippen MR) is 102 cm³/mol. The second-order valence-corrected chi connectivity index (χ2v) is 7.22. The molecule has 178 valence electrons. The van der Waals surface area contributed by atoms with E-state index < -0.39 is 59.7 Å². The molecule has 1 aliphatic heterocycles. The van der Waals surface area contributed by atoms with Gasteiger partial charge in [-0.25, -0.2) is 17.9 Å². The van der Waals surface area contributed by atoms with Gasteiger partial charge in [-0.3, -0.25) is 14.4 Å². The molecule has 1 aliphatic rings. The molecule has 1 saturated heterocycles. The molecule has 1 fully saturated rings. The average molecular weight is 471 g/mol. The van der Waals surface area contributed by atoms with Crippen LogP contribution in [0.4, 0.5) is 13.2 Å². The van der Waals surface area contributed by atoms with E-state index >= 15 is 0 Å². The Bertz CT molecular complexity index is 1040. The van der Waals surface area contributed by atoms with Crippen LogP contribution >= 0.6 is 0 Å². The summed E-state index contributed by atoms with van der Waals surface area (Å²) in [4.78, 5) is 34.7. The van der Waals surface area contributed by atoms with E-state index in [0.717, 1.165) is 19.1 Å². The Hall–Kier alpha value is -3.48. The van der Waals surface area contributed by atoms with Crippen molar-refractivity contribution in [2.45, 2.75) is 45.1 Å². The van der Waals surface area contributed by atoms with Crippen LogP contribution in [-0.4, -0.2) is 64.4 Å². The van der Waals surface area contributed by atoms with Gasteiger partial charge in [-0.2, -0.15) is 0 Å². The highest BCUT2D eigenvalue weighted by Gasteiger charge is 2.46. The van der Waals surface area contributed by atoms with Crippen LogP contribution in [0.1, 0.15) is 26.8 Å². The summed E-state index contributed by atoms with van der Waals surface area (Å²) in [7, 11) is 0. The van der Waals surface area contributed by atoms with Crippen molar-refractivity contribution >= 4 is 17.9 Å². The van der Waals surface area contributed by atoms with Crippen molar-refractivity contribution in [3.63, 3.8) is 0 Å². The van der Waals surface area contributed by atoms with Gasteiger partial charge in [0, 0.05) is 26.3 Å². The van der Waals surface area contributed by atoms with Crippen molar-refractivity contribution in [3.8, 4) is 11.3 Å². The monoisotopic (exact) mass is 471 g/mol. The Balaban J connectivity index is 2.00. The molecular weight excluding hydrogens is 451 g/mol. The Morgan fingerprint density at radius 1 is 1.06 bits per heavy atom. The van der Waals surface area contributed by atoms with Crippen LogP contribution in [0.5, 0.6) is 0 Å². The van der Waals surface area contributed by atoms with E-state index in [2.05, 4.69) is 10.3 Å². The lowest BCUT2D eigenvalue weighted by Crippen LogP contribution is -2.54. The van der Waals surface area contributed by atoms with Crippen LogP contribution in [0.15, 0.2) is 18.3 Å². The molecule has 13 heteroatoms. The van der Waals surface area contributed by atoms with Crippen molar-refractivity contribution in [3.05, 3.63) is 35.8 Å². The fourth-order valence-electron chi connectivity index (χ4n) is 3.42. The zero-order valence-electron chi connectivity index (χ0n) is 17.8. The Morgan fingerprint density at radius 2 is 1.70 bits per heavy atom. The second-order valence-electron chi connectivity index (χ2n) is 7.22.